The van der Waals surface area contributed by atoms with Crippen LogP contribution in [0.25, 0.3) is 0 Å². The molecule has 164 valence electrons. The molecule has 1 N–H and O–H groups in total. The number of piperidine rings is 1. The molecule has 0 spiro atoms. The van der Waals surface area contributed by atoms with Crippen molar-refractivity contribution in [3.63, 3.8) is 0 Å². The number of Topliss-reactive ketones (excluding diaryl/α,β-unsaturated/α-hetero) is 1. The second-order valence-electron chi connectivity index (χ2n) is 7.96. The van der Waals surface area contributed by atoms with Crippen molar-refractivity contribution in [1.29, 1.82) is 0 Å². The monoisotopic (exact) mass is 463 g/mol. The third-order valence-electron chi connectivity index (χ3n) is 5.96. The summed E-state index contributed by atoms with van der Waals surface area (Å²) < 4.78 is 14.0. The zero-order valence-corrected chi connectivity index (χ0v) is 18.7. The van der Waals surface area contributed by atoms with E-state index in [9.17, 15) is 18.8 Å². The largest absolute Gasteiger partial charge is 0.339 e. The third kappa shape index (κ3) is 4.36. The number of ketones is 1. The van der Waals surface area contributed by atoms with Crippen molar-refractivity contribution in [2.45, 2.75) is 51.5 Å². The van der Waals surface area contributed by atoms with Crippen LogP contribution in [0.3, 0.4) is 0 Å². The first-order chi connectivity index (χ1) is 14.9. The zero-order chi connectivity index (χ0) is 22.1. The number of aromatic nitrogens is 1. The minimum absolute atomic E-state index is 0.00688. The van der Waals surface area contributed by atoms with Gasteiger partial charge in [0.15, 0.2) is 10.9 Å². The molecule has 1 saturated heterocycles. The van der Waals surface area contributed by atoms with E-state index in [1.54, 1.807) is 0 Å². The number of anilines is 1. The number of halogens is 2. The van der Waals surface area contributed by atoms with Crippen LogP contribution in [-0.4, -0.2) is 40.1 Å². The van der Waals surface area contributed by atoms with Crippen LogP contribution in [-0.2, 0) is 11.2 Å². The maximum Gasteiger partial charge on any atom is 0.261 e. The van der Waals surface area contributed by atoms with Crippen molar-refractivity contribution in [3.8, 4) is 0 Å². The fraction of sp³-hybridized carbons (Fsp3) is 0.455. The zero-order valence-electron chi connectivity index (χ0n) is 17.1. The Balaban J connectivity index is 1.51. The normalized spacial score (nSPS) is 21.0. The predicted molar refractivity (Wildman–Crippen MR) is 117 cm³/mol. The summed E-state index contributed by atoms with van der Waals surface area (Å²) in [4.78, 5) is 45.1. The summed E-state index contributed by atoms with van der Waals surface area (Å²) in [5, 5.41) is 2.73. The number of rotatable bonds is 4. The lowest BCUT2D eigenvalue weighted by molar-refractivity contribution is -0.139. The Morgan fingerprint density at radius 2 is 2.13 bits per heavy atom. The standard InChI is InChI=1S/C22H23ClFN3O3S/c1-2-13-6-3-4-9-27(13)21(30)12-10-16-19(17(28)11-12)31-22(25-16)26-20(29)18-14(23)7-5-8-15(18)24/h5,7-8,12-13H,2-4,6,9-11H2,1H3,(H,25,26,29)/t12-,13+/m0/s1. The molecule has 1 aliphatic heterocycles. The molecule has 6 nitrogen and oxygen atoms in total. The molecule has 1 fully saturated rings. The molecule has 0 unspecified atom stereocenters. The highest BCUT2D eigenvalue weighted by Gasteiger charge is 2.37. The Morgan fingerprint density at radius 1 is 1.32 bits per heavy atom. The summed E-state index contributed by atoms with van der Waals surface area (Å²) in [7, 11) is 0. The van der Waals surface area contributed by atoms with E-state index in [0.717, 1.165) is 49.6 Å². The minimum Gasteiger partial charge on any atom is -0.339 e. The van der Waals surface area contributed by atoms with Gasteiger partial charge in [0.05, 0.1) is 27.1 Å². The molecule has 0 saturated carbocycles. The van der Waals surface area contributed by atoms with Crippen LogP contribution < -0.4 is 5.32 Å². The third-order valence-corrected chi connectivity index (χ3v) is 7.33. The highest BCUT2D eigenvalue weighted by molar-refractivity contribution is 7.17. The Morgan fingerprint density at radius 3 is 2.87 bits per heavy atom. The van der Waals surface area contributed by atoms with Crippen molar-refractivity contribution < 1.29 is 18.8 Å². The molecule has 2 atom stereocenters. The van der Waals surface area contributed by atoms with E-state index in [2.05, 4.69) is 17.2 Å². The number of carbonyl (C=O) groups is 3. The lowest BCUT2D eigenvalue weighted by Gasteiger charge is -2.38. The predicted octanol–water partition coefficient (Wildman–Crippen LogP) is 4.72. The number of fused-ring (bicyclic) bond motifs is 1. The smallest absolute Gasteiger partial charge is 0.261 e. The number of nitrogens with zero attached hydrogens (tertiary/aromatic N) is 2. The lowest BCUT2D eigenvalue weighted by Crippen LogP contribution is -2.47. The molecule has 1 aromatic heterocycles. The van der Waals surface area contributed by atoms with E-state index < -0.39 is 17.6 Å². The van der Waals surface area contributed by atoms with Gasteiger partial charge in [-0.15, -0.1) is 0 Å². The maximum atomic E-state index is 14.0. The Hall–Kier alpha value is -2.32. The molecule has 9 heteroatoms. The first-order valence-corrected chi connectivity index (χ1v) is 11.7. The van der Waals surface area contributed by atoms with Crippen molar-refractivity contribution in [2.24, 2.45) is 5.92 Å². The topological polar surface area (TPSA) is 79.4 Å². The van der Waals surface area contributed by atoms with Crippen LogP contribution in [0.2, 0.25) is 5.02 Å². The van der Waals surface area contributed by atoms with E-state index in [0.29, 0.717) is 17.0 Å². The van der Waals surface area contributed by atoms with E-state index >= 15 is 0 Å². The van der Waals surface area contributed by atoms with Gasteiger partial charge in [0.25, 0.3) is 5.91 Å². The van der Waals surface area contributed by atoms with Crippen LogP contribution in [0.1, 0.15) is 64.8 Å². The molecular formula is C22H23ClFN3O3S. The Labute approximate surface area is 188 Å². The van der Waals surface area contributed by atoms with Gasteiger partial charge in [-0.2, -0.15) is 0 Å². The highest BCUT2D eigenvalue weighted by atomic mass is 35.5. The Kier molecular flexibility index (Phi) is 6.39. The van der Waals surface area contributed by atoms with E-state index in [4.69, 9.17) is 11.6 Å². The molecular weight excluding hydrogens is 441 g/mol. The summed E-state index contributed by atoms with van der Waals surface area (Å²) >= 11 is 7.00. The van der Waals surface area contributed by atoms with E-state index in [-0.39, 0.29) is 39.9 Å². The minimum atomic E-state index is -0.736. The van der Waals surface area contributed by atoms with Crippen molar-refractivity contribution in [3.05, 3.63) is 45.2 Å². The number of hydrogen-bond donors (Lipinski definition) is 1. The van der Waals surface area contributed by atoms with Gasteiger partial charge in [-0.3, -0.25) is 19.7 Å². The maximum absolute atomic E-state index is 14.0. The van der Waals surface area contributed by atoms with Crippen LogP contribution in [0, 0.1) is 11.7 Å². The second-order valence-corrected chi connectivity index (χ2v) is 9.37. The summed E-state index contributed by atoms with van der Waals surface area (Å²) in [6.07, 6.45) is 4.52. The fourth-order valence-electron chi connectivity index (χ4n) is 4.38. The van der Waals surface area contributed by atoms with Gasteiger partial charge in [-0.25, -0.2) is 9.37 Å². The summed E-state index contributed by atoms with van der Waals surface area (Å²) in [6.45, 7) is 2.81. The molecule has 31 heavy (non-hydrogen) atoms. The quantitative estimate of drug-likeness (QED) is 0.711. The number of benzene rings is 1. The molecule has 0 radical (unpaired) electrons. The SMILES string of the molecule is CC[C@@H]1CCCCN1C(=O)[C@@H]1CC(=O)c2sc(NC(=O)c3c(F)cccc3Cl)nc2C1. The average Bonchev–Trinajstić information content (AvgIpc) is 3.16. The van der Waals surface area contributed by atoms with Crippen molar-refractivity contribution >= 4 is 45.7 Å². The van der Waals surface area contributed by atoms with E-state index in [1.165, 1.54) is 12.1 Å². The van der Waals surface area contributed by atoms with Gasteiger partial charge in [-0.1, -0.05) is 35.9 Å². The molecule has 2 aliphatic rings. The van der Waals surface area contributed by atoms with Crippen LogP contribution in [0.15, 0.2) is 18.2 Å². The number of thiazole rings is 1. The van der Waals surface area contributed by atoms with Crippen LogP contribution in [0.5, 0.6) is 0 Å². The molecule has 1 aliphatic carbocycles. The van der Waals surface area contributed by atoms with Gasteiger partial charge >= 0.3 is 0 Å². The van der Waals surface area contributed by atoms with Gasteiger partial charge in [0.2, 0.25) is 5.91 Å². The van der Waals surface area contributed by atoms with Gasteiger partial charge < -0.3 is 4.90 Å². The lowest BCUT2D eigenvalue weighted by atomic mass is 9.87. The van der Waals surface area contributed by atoms with Gasteiger partial charge in [-0.05, 0) is 37.8 Å². The van der Waals surface area contributed by atoms with E-state index in [1.807, 2.05) is 4.90 Å². The molecule has 2 aromatic rings. The Bertz CT molecular complexity index is 1020. The van der Waals surface area contributed by atoms with Gasteiger partial charge in [0, 0.05) is 25.4 Å². The number of nitrogens with one attached hydrogen (secondary N) is 1. The molecule has 2 amide bonds. The number of amides is 2. The number of carbonyl (C=O) groups excluding carboxylic acids is 3. The molecule has 1 aromatic carbocycles. The van der Waals surface area contributed by atoms with Crippen molar-refractivity contribution in [2.75, 3.05) is 11.9 Å². The number of likely N-dealkylation sites (tertiary alicyclic amines) is 1. The summed E-state index contributed by atoms with van der Waals surface area (Å²) in [5.41, 5.74) is 0.243. The van der Waals surface area contributed by atoms with Crippen molar-refractivity contribution in [1.82, 2.24) is 9.88 Å². The first-order valence-electron chi connectivity index (χ1n) is 10.5. The molecule has 2 heterocycles. The first kappa shape index (κ1) is 21.9. The molecule has 0 bridgehead atoms. The molecule has 4 rings (SSSR count). The second kappa shape index (κ2) is 9.04. The summed E-state index contributed by atoms with van der Waals surface area (Å²) in [5.74, 6) is -2.03. The van der Waals surface area contributed by atoms with Crippen LogP contribution in [0.4, 0.5) is 9.52 Å². The average molecular weight is 464 g/mol. The van der Waals surface area contributed by atoms with Gasteiger partial charge in [0.1, 0.15) is 5.82 Å². The number of hydrogen-bond acceptors (Lipinski definition) is 5. The fourth-order valence-corrected chi connectivity index (χ4v) is 5.57. The van der Waals surface area contributed by atoms with Crippen LogP contribution >= 0.6 is 22.9 Å². The highest BCUT2D eigenvalue weighted by Crippen LogP contribution is 2.34. The summed E-state index contributed by atoms with van der Waals surface area (Å²) in [6, 6.07) is 4.22.